The number of benzene rings is 2. The molecule has 0 bridgehead atoms. The molecule has 1 aromatic heterocycles. The second-order valence-electron chi connectivity index (χ2n) is 5.35. The molecule has 2 aromatic carbocycles. The van der Waals surface area contributed by atoms with E-state index in [9.17, 15) is 9.59 Å². The fraction of sp³-hybridized carbons (Fsp3) is 0.222. The van der Waals surface area contributed by atoms with E-state index in [0.29, 0.717) is 27.4 Å². The zero-order valence-corrected chi connectivity index (χ0v) is 14.3. The Kier molecular flexibility index (Phi) is 5.09. The third-order valence-corrected chi connectivity index (χ3v) is 3.98. The summed E-state index contributed by atoms with van der Waals surface area (Å²) in [6, 6.07) is 12.1. The number of methoxy groups -OCH3 is 1. The fourth-order valence-corrected chi connectivity index (χ4v) is 2.71. The summed E-state index contributed by atoms with van der Waals surface area (Å²) in [6.07, 6.45) is 0.0479. The summed E-state index contributed by atoms with van der Waals surface area (Å²) in [5.41, 5.74) is 1.82. The quantitative estimate of drug-likeness (QED) is 0.629. The highest BCUT2D eigenvalue weighted by atomic mass is 35.5. The van der Waals surface area contributed by atoms with E-state index in [-0.39, 0.29) is 19.6 Å². The minimum atomic E-state index is -0.495. The molecule has 0 aliphatic carbocycles. The molecular formula is C18H16ClNO5. The predicted octanol–water partition coefficient (Wildman–Crippen LogP) is 3.39. The number of esters is 1. The van der Waals surface area contributed by atoms with Gasteiger partial charge < -0.3 is 13.9 Å². The molecule has 3 aromatic rings. The lowest BCUT2D eigenvalue weighted by Crippen LogP contribution is -2.17. The summed E-state index contributed by atoms with van der Waals surface area (Å²) >= 11 is 5.95. The van der Waals surface area contributed by atoms with Gasteiger partial charge in [-0.2, -0.15) is 0 Å². The Hall–Kier alpha value is -2.73. The molecule has 1 heterocycles. The van der Waals surface area contributed by atoms with Crippen molar-refractivity contribution in [2.75, 3.05) is 7.11 Å². The number of oxazole rings is 1. The van der Waals surface area contributed by atoms with Gasteiger partial charge in [-0.25, -0.2) is 4.79 Å². The molecule has 0 radical (unpaired) electrons. The molecule has 25 heavy (non-hydrogen) atoms. The standard InChI is InChI=1S/C18H16ClNO5/c1-23-15-7-6-13(19)10-12(15)11-24-17(21)8-9-20-14-4-2-3-5-16(14)25-18(20)22/h2-7,10H,8-9,11H2,1H3. The van der Waals surface area contributed by atoms with Crippen molar-refractivity contribution in [1.82, 2.24) is 4.57 Å². The molecule has 0 N–H and O–H groups in total. The summed E-state index contributed by atoms with van der Waals surface area (Å²) in [6.45, 7) is 0.227. The van der Waals surface area contributed by atoms with Crippen LogP contribution in [0.4, 0.5) is 0 Å². The maximum atomic E-state index is 12.0. The highest BCUT2D eigenvalue weighted by Crippen LogP contribution is 2.23. The molecule has 0 fully saturated rings. The number of halogens is 1. The van der Waals surface area contributed by atoms with Crippen LogP contribution in [0, 0.1) is 0 Å². The van der Waals surface area contributed by atoms with Crippen LogP contribution in [0.1, 0.15) is 12.0 Å². The number of para-hydroxylation sites is 2. The molecule has 0 saturated heterocycles. The van der Waals surface area contributed by atoms with Crippen LogP contribution in [-0.2, 0) is 22.7 Å². The Morgan fingerprint density at radius 3 is 2.84 bits per heavy atom. The van der Waals surface area contributed by atoms with Gasteiger partial charge in [-0.1, -0.05) is 23.7 Å². The van der Waals surface area contributed by atoms with Crippen LogP contribution in [0.2, 0.25) is 5.02 Å². The number of rotatable bonds is 6. The molecule has 6 nitrogen and oxygen atoms in total. The van der Waals surface area contributed by atoms with Crippen LogP contribution in [-0.4, -0.2) is 17.6 Å². The molecule has 0 saturated carbocycles. The van der Waals surface area contributed by atoms with E-state index >= 15 is 0 Å². The van der Waals surface area contributed by atoms with Gasteiger partial charge >= 0.3 is 11.7 Å². The molecule has 0 unspecified atom stereocenters. The van der Waals surface area contributed by atoms with Gasteiger partial charge in [0.1, 0.15) is 12.4 Å². The molecule has 130 valence electrons. The van der Waals surface area contributed by atoms with Gasteiger partial charge in [-0.15, -0.1) is 0 Å². The number of fused-ring (bicyclic) bond motifs is 1. The largest absolute Gasteiger partial charge is 0.496 e. The van der Waals surface area contributed by atoms with E-state index in [1.54, 1.807) is 42.5 Å². The summed E-state index contributed by atoms with van der Waals surface area (Å²) in [4.78, 5) is 23.9. The van der Waals surface area contributed by atoms with Gasteiger partial charge in [-0.3, -0.25) is 9.36 Å². The summed E-state index contributed by atoms with van der Waals surface area (Å²) in [5, 5.41) is 0.531. The van der Waals surface area contributed by atoms with Crippen molar-refractivity contribution in [2.24, 2.45) is 0 Å². The number of carbonyl (C=O) groups excluding carboxylic acids is 1. The molecular weight excluding hydrogens is 346 g/mol. The average Bonchev–Trinajstić information content (AvgIpc) is 2.93. The van der Waals surface area contributed by atoms with Crippen molar-refractivity contribution in [2.45, 2.75) is 19.6 Å². The Labute approximate surface area is 148 Å². The van der Waals surface area contributed by atoms with Crippen LogP contribution < -0.4 is 10.5 Å². The van der Waals surface area contributed by atoms with Gasteiger partial charge in [-0.05, 0) is 30.3 Å². The number of nitrogens with zero attached hydrogens (tertiary/aromatic N) is 1. The van der Waals surface area contributed by atoms with E-state index < -0.39 is 11.7 Å². The van der Waals surface area contributed by atoms with E-state index in [4.69, 9.17) is 25.5 Å². The smallest absolute Gasteiger partial charge is 0.419 e. The van der Waals surface area contributed by atoms with Gasteiger partial charge in [0.2, 0.25) is 0 Å². The van der Waals surface area contributed by atoms with Crippen molar-refractivity contribution < 1.29 is 18.7 Å². The second-order valence-corrected chi connectivity index (χ2v) is 5.79. The normalized spacial score (nSPS) is 10.8. The lowest BCUT2D eigenvalue weighted by atomic mass is 10.2. The number of hydrogen-bond donors (Lipinski definition) is 0. The Balaban J connectivity index is 1.63. The highest BCUT2D eigenvalue weighted by molar-refractivity contribution is 6.30. The maximum absolute atomic E-state index is 12.0. The third kappa shape index (κ3) is 3.85. The molecule has 3 rings (SSSR count). The Bertz CT molecular complexity index is 959. The van der Waals surface area contributed by atoms with E-state index in [0.717, 1.165) is 0 Å². The summed E-state index contributed by atoms with van der Waals surface area (Å²) < 4.78 is 17.0. The van der Waals surface area contributed by atoms with Gasteiger partial charge in [0.05, 0.1) is 19.0 Å². The zero-order chi connectivity index (χ0) is 17.8. The van der Waals surface area contributed by atoms with Crippen LogP contribution in [0.25, 0.3) is 11.1 Å². The van der Waals surface area contributed by atoms with Gasteiger partial charge in [0.15, 0.2) is 5.58 Å². The number of aromatic nitrogens is 1. The highest BCUT2D eigenvalue weighted by Gasteiger charge is 2.12. The molecule has 0 spiro atoms. The minimum absolute atomic E-state index is 0.0452. The second kappa shape index (κ2) is 7.44. The van der Waals surface area contributed by atoms with E-state index in [1.165, 1.54) is 11.7 Å². The summed E-state index contributed by atoms with van der Waals surface area (Å²) in [7, 11) is 1.53. The fourth-order valence-electron chi connectivity index (χ4n) is 2.52. The van der Waals surface area contributed by atoms with Crippen molar-refractivity contribution >= 4 is 28.7 Å². The van der Waals surface area contributed by atoms with Crippen molar-refractivity contribution in [3.8, 4) is 5.75 Å². The predicted molar refractivity (Wildman–Crippen MR) is 92.9 cm³/mol. The van der Waals surface area contributed by atoms with Crippen LogP contribution in [0.15, 0.2) is 51.7 Å². The van der Waals surface area contributed by atoms with Gasteiger partial charge in [0.25, 0.3) is 0 Å². The monoisotopic (exact) mass is 361 g/mol. The third-order valence-electron chi connectivity index (χ3n) is 3.74. The maximum Gasteiger partial charge on any atom is 0.419 e. The lowest BCUT2D eigenvalue weighted by molar-refractivity contribution is -0.145. The molecule has 0 aliphatic rings. The minimum Gasteiger partial charge on any atom is -0.496 e. The first kappa shape index (κ1) is 17.1. The molecule has 0 atom stereocenters. The SMILES string of the molecule is COc1ccc(Cl)cc1COC(=O)CCn1c(=O)oc2ccccc21. The van der Waals surface area contributed by atoms with Crippen molar-refractivity contribution in [3.63, 3.8) is 0 Å². The molecule has 0 aliphatic heterocycles. The first-order valence-electron chi connectivity index (χ1n) is 7.65. The number of ether oxygens (including phenoxy) is 2. The van der Waals surface area contributed by atoms with Gasteiger partial charge in [0, 0.05) is 17.1 Å². The first-order chi connectivity index (χ1) is 12.1. The molecule has 0 amide bonds. The summed E-state index contributed by atoms with van der Waals surface area (Å²) in [5.74, 6) is -0.334. The van der Waals surface area contributed by atoms with Crippen molar-refractivity contribution in [3.05, 3.63) is 63.6 Å². The van der Waals surface area contributed by atoms with Crippen molar-refractivity contribution in [1.29, 1.82) is 0 Å². The zero-order valence-electron chi connectivity index (χ0n) is 13.5. The first-order valence-corrected chi connectivity index (χ1v) is 8.02. The average molecular weight is 362 g/mol. The van der Waals surface area contributed by atoms with E-state index in [1.807, 2.05) is 0 Å². The molecule has 7 heteroatoms. The topological polar surface area (TPSA) is 70.7 Å². The van der Waals surface area contributed by atoms with Crippen LogP contribution >= 0.6 is 11.6 Å². The number of carbonyl (C=O) groups is 1. The lowest BCUT2D eigenvalue weighted by Gasteiger charge is -2.10. The Morgan fingerprint density at radius 1 is 1.24 bits per heavy atom. The number of hydrogen-bond acceptors (Lipinski definition) is 5. The van der Waals surface area contributed by atoms with E-state index in [2.05, 4.69) is 0 Å². The number of aryl methyl sites for hydroxylation is 1. The van der Waals surface area contributed by atoms with Crippen LogP contribution in [0.3, 0.4) is 0 Å². The van der Waals surface area contributed by atoms with Crippen LogP contribution in [0.5, 0.6) is 5.75 Å². The Morgan fingerprint density at radius 2 is 2.04 bits per heavy atom.